The highest BCUT2D eigenvalue weighted by Crippen LogP contribution is 1.96. The maximum Gasteiger partial charge on any atom is 0.0791 e. The Balaban J connectivity index is 3.59. The molecule has 1 atom stereocenters. The number of hydrogen-bond acceptors (Lipinski definition) is 4. The third-order valence-corrected chi connectivity index (χ3v) is 2.41. The van der Waals surface area contributed by atoms with E-state index < -0.39 is 0 Å². The van der Waals surface area contributed by atoms with Crippen molar-refractivity contribution in [2.45, 2.75) is 32.8 Å². The van der Waals surface area contributed by atoms with E-state index in [4.69, 9.17) is 4.74 Å². The molecule has 4 nitrogen and oxygen atoms in total. The minimum atomic E-state index is -0.282. The summed E-state index contributed by atoms with van der Waals surface area (Å²) in [6, 6.07) is 0. The van der Waals surface area contributed by atoms with E-state index in [0.717, 1.165) is 39.0 Å². The zero-order chi connectivity index (χ0) is 12.2. The Morgan fingerprint density at radius 2 is 1.88 bits per heavy atom. The van der Waals surface area contributed by atoms with E-state index in [0.29, 0.717) is 13.2 Å². The minimum Gasteiger partial charge on any atom is -0.390 e. The minimum absolute atomic E-state index is 0.282. The van der Waals surface area contributed by atoms with Gasteiger partial charge in [-0.05, 0) is 25.9 Å². The van der Waals surface area contributed by atoms with Crippen LogP contribution in [-0.2, 0) is 4.74 Å². The zero-order valence-electron chi connectivity index (χ0n) is 11.0. The van der Waals surface area contributed by atoms with Gasteiger partial charge >= 0.3 is 0 Å². The van der Waals surface area contributed by atoms with Crippen molar-refractivity contribution in [1.29, 1.82) is 0 Å². The van der Waals surface area contributed by atoms with Crippen molar-refractivity contribution in [2.75, 3.05) is 46.4 Å². The fraction of sp³-hybridized carbons (Fsp3) is 1.00. The molecule has 0 rings (SSSR count). The highest BCUT2D eigenvalue weighted by molar-refractivity contribution is 4.66. The molecule has 0 spiro atoms. The Kier molecular flexibility index (Phi) is 11.2. The molecule has 0 aromatic carbocycles. The molecule has 0 aliphatic heterocycles. The Labute approximate surface area is 100.0 Å². The number of hydrogen-bond donors (Lipinski definition) is 2. The summed E-state index contributed by atoms with van der Waals surface area (Å²) >= 11 is 0. The molecule has 0 bridgehead atoms. The number of nitrogens with one attached hydrogen (secondary N) is 1. The molecule has 0 amide bonds. The van der Waals surface area contributed by atoms with Gasteiger partial charge in [0.05, 0.1) is 12.7 Å². The maximum atomic E-state index is 9.83. The normalized spacial score (nSPS) is 13.3. The van der Waals surface area contributed by atoms with E-state index in [1.54, 1.807) is 7.11 Å². The molecular weight excluding hydrogens is 204 g/mol. The van der Waals surface area contributed by atoms with Gasteiger partial charge < -0.3 is 20.1 Å². The lowest BCUT2D eigenvalue weighted by molar-refractivity contribution is 0.108. The first-order valence-electron chi connectivity index (χ1n) is 6.34. The summed E-state index contributed by atoms with van der Waals surface area (Å²) in [4.78, 5) is 2.32. The van der Waals surface area contributed by atoms with Crippen molar-refractivity contribution < 1.29 is 9.84 Å². The number of ether oxygens (including phenoxy) is 1. The molecule has 0 radical (unpaired) electrons. The van der Waals surface area contributed by atoms with Crippen LogP contribution in [0.4, 0.5) is 0 Å². The first-order valence-corrected chi connectivity index (χ1v) is 6.34. The molecule has 0 saturated heterocycles. The molecule has 98 valence electrons. The summed E-state index contributed by atoms with van der Waals surface area (Å²) in [7, 11) is 1.68. The van der Waals surface area contributed by atoms with Crippen LogP contribution in [0.25, 0.3) is 0 Å². The van der Waals surface area contributed by atoms with Gasteiger partial charge in [0.2, 0.25) is 0 Å². The molecule has 0 aromatic heterocycles. The van der Waals surface area contributed by atoms with Gasteiger partial charge in [0.1, 0.15) is 0 Å². The molecule has 16 heavy (non-hydrogen) atoms. The summed E-state index contributed by atoms with van der Waals surface area (Å²) in [5, 5.41) is 13.0. The summed E-state index contributed by atoms with van der Waals surface area (Å²) in [5.74, 6) is 0. The molecule has 0 saturated carbocycles. The first kappa shape index (κ1) is 15.8. The van der Waals surface area contributed by atoms with Gasteiger partial charge in [-0.1, -0.05) is 13.8 Å². The number of methoxy groups -OCH3 is 1. The van der Waals surface area contributed by atoms with Crippen LogP contribution in [-0.4, -0.2) is 62.6 Å². The molecule has 0 aromatic rings. The summed E-state index contributed by atoms with van der Waals surface area (Å²) < 4.78 is 4.93. The molecule has 2 N–H and O–H groups in total. The highest BCUT2D eigenvalue weighted by atomic mass is 16.5. The Morgan fingerprint density at radius 1 is 1.25 bits per heavy atom. The van der Waals surface area contributed by atoms with Crippen molar-refractivity contribution in [3.63, 3.8) is 0 Å². The Bertz CT molecular complexity index is 139. The van der Waals surface area contributed by atoms with Gasteiger partial charge in [0, 0.05) is 26.7 Å². The van der Waals surface area contributed by atoms with Crippen LogP contribution in [0.2, 0.25) is 0 Å². The summed E-state index contributed by atoms with van der Waals surface area (Å²) in [6.45, 7) is 9.40. The lowest BCUT2D eigenvalue weighted by Crippen LogP contribution is -2.39. The second-order valence-electron chi connectivity index (χ2n) is 4.15. The van der Waals surface area contributed by atoms with E-state index in [1.807, 2.05) is 0 Å². The summed E-state index contributed by atoms with van der Waals surface area (Å²) in [5.41, 5.74) is 0. The van der Waals surface area contributed by atoms with Gasteiger partial charge in [-0.2, -0.15) is 0 Å². The van der Waals surface area contributed by atoms with Gasteiger partial charge in [-0.15, -0.1) is 0 Å². The zero-order valence-corrected chi connectivity index (χ0v) is 11.0. The SMILES string of the molecule is CCCN(CCC)CC(O)CNCCOC. The lowest BCUT2D eigenvalue weighted by atomic mass is 10.3. The van der Waals surface area contributed by atoms with Crippen LogP contribution in [0.3, 0.4) is 0 Å². The second-order valence-corrected chi connectivity index (χ2v) is 4.15. The van der Waals surface area contributed by atoms with Crippen LogP contribution in [0, 0.1) is 0 Å². The predicted octanol–water partition coefficient (Wildman–Crippen LogP) is 0.705. The first-order chi connectivity index (χ1) is 7.74. The van der Waals surface area contributed by atoms with Crippen LogP contribution in [0.1, 0.15) is 26.7 Å². The number of aliphatic hydroxyl groups excluding tert-OH is 1. The van der Waals surface area contributed by atoms with Crippen molar-refractivity contribution in [2.24, 2.45) is 0 Å². The predicted molar refractivity (Wildman–Crippen MR) is 67.8 cm³/mol. The summed E-state index contributed by atoms with van der Waals surface area (Å²) in [6.07, 6.45) is 2.00. The molecule has 0 fully saturated rings. The van der Waals surface area contributed by atoms with E-state index in [1.165, 1.54) is 0 Å². The highest BCUT2D eigenvalue weighted by Gasteiger charge is 2.09. The van der Waals surface area contributed by atoms with Crippen molar-refractivity contribution in [3.05, 3.63) is 0 Å². The average Bonchev–Trinajstić information content (AvgIpc) is 2.25. The van der Waals surface area contributed by atoms with E-state index in [9.17, 15) is 5.11 Å². The number of rotatable bonds is 11. The Morgan fingerprint density at radius 3 is 2.38 bits per heavy atom. The fourth-order valence-electron chi connectivity index (χ4n) is 1.73. The van der Waals surface area contributed by atoms with Crippen LogP contribution < -0.4 is 5.32 Å². The lowest BCUT2D eigenvalue weighted by Gasteiger charge is -2.24. The van der Waals surface area contributed by atoms with Gasteiger partial charge in [0.15, 0.2) is 0 Å². The van der Waals surface area contributed by atoms with E-state index in [-0.39, 0.29) is 6.10 Å². The van der Waals surface area contributed by atoms with Crippen molar-refractivity contribution in [3.8, 4) is 0 Å². The van der Waals surface area contributed by atoms with E-state index in [2.05, 4.69) is 24.1 Å². The van der Waals surface area contributed by atoms with Gasteiger partial charge in [-0.25, -0.2) is 0 Å². The van der Waals surface area contributed by atoms with E-state index >= 15 is 0 Å². The molecule has 0 heterocycles. The third-order valence-electron chi connectivity index (χ3n) is 2.41. The molecular formula is C12H28N2O2. The fourth-order valence-corrected chi connectivity index (χ4v) is 1.73. The quantitative estimate of drug-likeness (QED) is 0.515. The molecule has 0 aliphatic rings. The van der Waals surface area contributed by atoms with Crippen LogP contribution >= 0.6 is 0 Å². The number of nitrogens with zero attached hydrogens (tertiary/aromatic N) is 1. The monoisotopic (exact) mass is 232 g/mol. The largest absolute Gasteiger partial charge is 0.390 e. The molecule has 0 aliphatic carbocycles. The standard InChI is InChI=1S/C12H28N2O2/c1-4-7-14(8-5-2)11-12(15)10-13-6-9-16-3/h12-13,15H,4-11H2,1-3H3. The third kappa shape index (κ3) is 9.09. The number of aliphatic hydroxyl groups is 1. The van der Waals surface area contributed by atoms with Crippen LogP contribution in [0.15, 0.2) is 0 Å². The Hall–Kier alpha value is -0.160. The smallest absolute Gasteiger partial charge is 0.0791 e. The topological polar surface area (TPSA) is 44.7 Å². The van der Waals surface area contributed by atoms with Crippen LogP contribution in [0.5, 0.6) is 0 Å². The molecule has 1 unspecified atom stereocenters. The maximum absolute atomic E-state index is 9.83. The van der Waals surface area contributed by atoms with Gasteiger partial charge in [0.25, 0.3) is 0 Å². The van der Waals surface area contributed by atoms with Crippen molar-refractivity contribution >= 4 is 0 Å². The second kappa shape index (κ2) is 11.3. The van der Waals surface area contributed by atoms with Gasteiger partial charge in [-0.3, -0.25) is 0 Å². The van der Waals surface area contributed by atoms with Crippen molar-refractivity contribution in [1.82, 2.24) is 10.2 Å². The molecule has 4 heteroatoms. The average molecular weight is 232 g/mol.